The minimum Gasteiger partial charge on any atom is -0.351 e. The van der Waals surface area contributed by atoms with E-state index >= 15 is 0 Å². The van der Waals surface area contributed by atoms with Crippen molar-refractivity contribution in [2.24, 2.45) is 5.73 Å². The highest BCUT2D eigenvalue weighted by Crippen LogP contribution is 2.21. The van der Waals surface area contributed by atoms with Gasteiger partial charge in [0.2, 0.25) is 0 Å². The predicted molar refractivity (Wildman–Crippen MR) is 86.8 cm³/mol. The van der Waals surface area contributed by atoms with Crippen molar-refractivity contribution in [1.82, 2.24) is 0 Å². The van der Waals surface area contributed by atoms with Crippen molar-refractivity contribution in [3.8, 4) is 0 Å². The van der Waals surface area contributed by atoms with Crippen LogP contribution in [0.1, 0.15) is 10.4 Å². The molecule has 21 heavy (non-hydrogen) atoms. The topological polar surface area (TPSA) is 84.2 Å². The zero-order chi connectivity index (χ0) is 15.4. The fraction of sp³-hybridized carbons (Fsp3) is 0. The molecule has 0 atom stereocenters. The maximum Gasteiger partial charge on any atom is 0.316 e. The van der Waals surface area contributed by atoms with Gasteiger partial charge in [-0.1, -0.05) is 27.5 Å². The molecule has 0 heterocycles. The van der Waals surface area contributed by atoms with Crippen LogP contribution in [-0.2, 0) is 0 Å². The number of carbonyl (C=O) groups is 2. The van der Waals surface area contributed by atoms with Gasteiger partial charge in [-0.05, 0) is 42.5 Å². The quantitative estimate of drug-likeness (QED) is 0.769. The SMILES string of the molecule is NC(=O)Nc1ccc(NC(=O)c2cc(Cl)cc(Br)c2)cc1. The molecule has 0 saturated heterocycles. The summed E-state index contributed by atoms with van der Waals surface area (Å²) in [4.78, 5) is 22.8. The Balaban J connectivity index is 2.10. The number of primary amides is 1. The molecule has 2 aromatic carbocycles. The van der Waals surface area contributed by atoms with Gasteiger partial charge in [0.05, 0.1) is 0 Å². The molecular formula is C14H11BrClN3O2. The molecule has 0 radical (unpaired) electrons. The maximum absolute atomic E-state index is 12.1. The molecule has 4 N–H and O–H groups in total. The fourth-order valence-corrected chi connectivity index (χ4v) is 2.53. The second kappa shape index (κ2) is 6.60. The molecule has 0 fully saturated rings. The first-order valence-electron chi connectivity index (χ1n) is 5.88. The summed E-state index contributed by atoms with van der Waals surface area (Å²) in [5.74, 6) is -0.284. The number of urea groups is 1. The van der Waals surface area contributed by atoms with Crippen molar-refractivity contribution in [2.75, 3.05) is 10.6 Å². The van der Waals surface area contributed by atoms with Gasteiger partial charge in [-0.3, -0.25) is 4.79 Å². The summed E-state index contributed by atoms with van der Waals surface area (Å²) >= 11 is 9.19. The second-order valence-electron chi connectivity index (χ2n) is 4.18. The summed E-state index contributed by atoms with van der Waals surface area (Å²) in [5, 5.41) is 5.63. The molecule has 0 spiro atoms. The lowest BCUT2D eigenvalue weighted by molar-refractivity contribution is 0.102. The first kappa shape index (κ1) is 15.3. The van der Waals surface area contributed by atoms with Gasteiger partial charge in [-0.25, -0.2) is 4.79 Å². The Labute approximate surface area is 134 Å². The Hall–Kier alpha value is -2.05. The van der Waals surface area contributed by atoms with Crippen molar-refractivity contribution >= 4 is 50.8 Å². The lowest BCUT2D eigenvalue weighted by Gasteiger charge is -2.07. The number of carbonyl (C=O) groups excluding carboxylic acids is 2. The molecule has 0 aliphatic rings. The van der Waals surface area contributed by atoms with E-state index in [0.717, 1.165) is 4.47 Å². The van der Waals surface area contributed by atoms with Crippen LogP contribution in [0.2, 0.25) is 5.02 Å². The maximum atomic E-state index is 12.1. The van der Waals surface area contributed by atoms with Crippen molar-refractivity contribution in [1.29, 1.82) is 0 Å². The summed E-state index contributed by atoms with van der Waals surface area (Å²) in [7, 11) is 0. The number of hydrogen-bond donors (Lipinski definition) is 3. The average Bonchev–Trinajstić information content (AvgIpc) is 2.39. The third kappa shape index (κ3) is 4.47. The van der Waals surface area contributed by atoms with E-state index in [1.165, 1.54) is 0 Å². The van der Waals surface area contributed by atoms with Gasteiger partial charge in [0.1, 0.15) is 0 Å². The minimum atomic E-state index is -0.643. The number of nitrogens with one attached hydrogen (secondary N) is 2. The van der Waals surface area contributed by atoms with E-state index in [1.807, 2.05) is 0 Å². The number of amides is 3. The molecule has 0 aliphatic carbocycles. The molecular weight excluding hydrogens is 358 g/mol. The van der Waals surface area contributed by atoms with E-state index in [-0.39, 0.29) is 5.91 Å². The first-order chi connectivity index (χ1) is 9.94. The molecule has 7 heteroatoms. The van der Waals surface area contributed by atoms with E-state index in [1.54, 1.807) is 42.5 Å². The van der Waals surface area contributed by atoms with Crippen LogP contribution >= 0.6 is 27.5 Å². The highest BCUT2D eigenvalue weighted by Gasteiger charge is 2.08. The van der Waals surface area contributed by atoms with E-state index in [9.17, 15) is 9.59 Å². The van der Waals surface area contributed by atoms with Crippen LogP contribution in [0.4, 0.5) is 16.2 Å². The monoisotopic (exact) mass is 367 g/mol. The Bertz CT molecular complexity index is 669. The Morgan fingerprint density at radius 2 is 1.57 bits per heavy atom. The van der Waals surface area contributed by atoms with Gasteiger partial charge in [0.25, 0.3) is 5.91 Å². The molecule has 3 amide bonds. The van der Waals surface area contributed by atoms with Crippen LogP contribution < -0.4 is 16.4 Å². The van der Waals surface area contributed by atoms with Crippen LogP contribution in [0, 0.1) is 0 Å². The van der Waals surface area contributed by atoms with Gasteiger partial charge in [0, 0.05) is 26.4 Å². The van der Waals surface area contributed by atoms with Gasteiger partial charge in [-0.15, -0.1) is 0 Å². The van der Waals surface area contributed by atoms with E-state index < -0.39 is 6.03 Å². The van der Waals surface area contributed by atoms with E-state index in [4.69, 9.17) is 17.3 Å². The number of nitrogens with two attached hydrogens (primary N) is 1. The van der Waals surface area contributed by atoms with Crippen molar-refractivity contribution < 1.29 is 9.59 Å². The summed E-state index contributed by atoms with van der Waals surface area (Å²) in [5.41, 5.74) is 6.59. The smallest absolute Gasteiger partial charge is 0.316 e. The van der Waals surface area contributed by atoms with Crippen LogP contribution in [0.25, 0.3) is 0 Å². The highest BCUT2D eigenvalue weighted by molar-refractivity contribution is 9.10. The van der Waals surface area contributed by atoms with Crippen LogP contribution in [0.3, 0.4) is 0 Å². The Morgan fingerprint density at radius 3 is 2.10 bits per heavy atom. The van der Waals surface area contributed by atoms with Gasteiger partial charge in [-0.2, -0.15) is 0 Å². The van der Waals surface area contributed by atoms with E-state index in [2.05, 4.69) is 26.6 Å². The zero-order valence-electron chi connectivity index (χ0n) is 10.7. The predicted octanol–water partition coefficient (Wildman–Crippen LogP) is 3.85. The zero-order valence-corrected chi connectivity index (χ0v) is 13.0. The van der Waals surface area contributed by atoms with Gasteiger partial charge in [0.15, 0.2) is 0 Å². The average molecular weight is 369 g/mol. The van der Waals surface area contributed by atoms with Gasteiger partial charge < -0.3 is 16.4 Å². The number of hydrogen-bond acceptors (Lipinski definition) is 2. The standard InChI is InChI=1S/C14H11BrClN3O2/c15-9-5-8(6-10(16)7-9)13(20)18-11-1-3-12(4-2-11)19-14(17)21/h1-7H,(H,18,20)(H3,17,19,21). The molecule has 2 rings (SSSR count). The lowest BCUT2D eigenvalue weighted by Crippen LogP contribution is -2.19. The number of benzene rings is 2. The first-order valence-corrected chi connectivity index (χ1v) is 7.05. The second-order valence-corrected chi connectivity index (χ2v) is 5.53. The van der Waals surface area contributed by atoms with Crippen LogP contribution in [0.15, 0.2) is 46.9 Å². The normalized spacial score (nSPS) is 10.0. The van der Waals surface area contributed by atoms with Crippen molar-refractivity contribution in [3.05, 3.63) is 57.5 Å². The molecule has 2 aromatic rings. The minimum absolute atomic E-state index is 0.284. The molecule has 0 aliphatic heterocycles. The summed E-state index contributed by atoms with van der Waals surface area (Å²) in [6, 6.07) is 10.9. The summed E-state index contributed by atoms with van der Waals surface area (Å²) < 4.78 is 0.723. The fourth-order valence-electron chi connectivity index (χ4n) is 1.67. The van der Waals surface area contributed by atoms with Gasteiger partial charge >= 0.3 is 6.03 Å². The number of halogens is 2. The molecule has 108 valence electrons. The van der Waals surface area contributed by atoms with Crippen LogP contribution in [-0.4, -0.2) is 11.9 Å². The highest BCUT2D eigenvalue weighted by atomic mass is 79.9. The van der Waals surface area contributed by atoms with Crippen molar-refractivity contribution in [3.63, 3.8) is 0 Å². The third-order valence-electron chi connectivity index (χ3n) is 2.54. The lowest BCUT2D eigenvalue weighted by atomic mass is 10.2. The van der Waals surface area contributed by atoms with Crippen molar-refractivity contribution in [2.45, 2.75) is 0 Å². The molecule has 0 saturated carbocycles. The van der Waals surface area contributed by atoms with Crippen LogP contribution in [0.5, 0.6) is 0 Å². The molecule has 0 aromatic heterocycles. The molecule has 0 unspecified atom stereocenters. The number of anilines is 2. The number of rotatable bonds is 3. The Kier molecular flexibility index (Phi) is 4.82. The van der Waals surface area contributed by atoms with E-state index in [0.29, 0.717) is 22.0 Å². The summed E-state index contributed by atoms with van der Waals surface area (Å²) in [6.07, 6.45) is 0. The third-order valence-corrected chi connectivity index (χ3v) is 3.21. The largest absolute Gasteiger partial charge is 0.351 e. The summed E-state index contributed by atoms with van der Waals surface area (Å²) in [6.45, 7) is 0. The Morgan fingerprint density at radius 1 is 1.00 bits per heavy atom. The molecule has 5 nitrogen and oxygen atoms in total. The molecule has 0 bridgehead atoms.